The molecule has 0 aromatic heterocycles. The van der Waals surface area contributed by atoms with E-state index in [2.05, 4.69) is 9.98 Å². The quantitative estimate of drug-likeness (QED) is 0.642. The van der Waals surface area contributed by atoms with E-state index in [1.54, 1.807) is 24.3 Å². The molecule has 1 aliphatic rings. The minimum atomic E-state index is -0.686. The molecule has 22 heavy (non-hydrogen) atoms. The first-order valence-corrected chi connectivity index (χ1v) is 7.19. The van der Waals surface area contributed by atoms with Crippen molar-refractivity contribution in [2.24, 2.45) is 9.98 Å². The van der Waals surface area contributed by atoms with Gasteiger partial charge in [-0.1, -0.05) is 41.9 Å². The number of nitrogens with zero attached hydrogens (tertiary/aromatic N) is 2. The topological polar surface area (TPSA) is 51.0 Å². The van der Waals surface area contributed by atoms with E-state index in [4.69, 9.17) is 16.3 Å². The van der Waals surface area contributed by atoms with Gasteiger partial charge >= 0.3 is 5.97 Å². The molecule has 0 saturated carbocycles. The van der Waals surface area contributed by atoms with Gasteiger partial charge in [-0.2, -0.15) is 0 Å². The summed E-state index contributed by atoms with van der Waals surface area (Å²) in [6.07, 6.45) is 1.53. The SMILES string of the molecule is O=C1OC(c2ccc(Cl)cc2)=NC1C=NCc1ccccc1. The highest BCUT2D eigenvalue weighted by molar-refractivity contribution is 6.30. The summed E-state index contributed by atoms with van der Waals surface area (Å²) >= 11 is 5.83. The fourth-order valence-corrected chi connectivity index (χ4v) is 2.15. The van der Waals surface area contributed by atoms with E-state index in [1.165, 1.54) is 6.21 Å². The van der Waals surface area contributed by atoms with Crippen LogP contribution in [-0.4, -0.2) is 24.1 Å². The summed E-state index contributed by atoms with van der Waals surface area (Å²) in [5.41, 5.74) is 1.80. The summed E-state index contributed by atoms with van der Waals surface area (Å²) < 4.78 is 5.18. The second kappa shape index (κ2) is 6.54. The van der Waals surface area contributed by atoms with E-state index >= 15 is 0 Å². The Morgan fingerprint density at radius 2 is 1.86 bits per heavy atom. The first kappa shape index (κ1) is 14.5. The number of halogens is 1. The lowest BCUT2D eigenvalue weighted by Crippen LogP contribution is -2.16. The van der Waals surface area contributed by atoms with Crippen LogP contribution >= 0.6 is 11.6 Å². The van der Waals surface area contributed by atoms with Gasteiger partial charge in [-0.25, -0.2) is 9.79 Å². The molecule has 0 amide bonds. The summed E-state index contributed by atoms with van der Waals surface area (Å²) in [5.74, 6) is -0.111. The van der Waals surface area contributed by atoms with Crippen molar-refractivity contribution in [3.8, 4) is 0 Å². The summed E-state index contributed by atoms with van der Waals surface area (Å²) in [6, 6.07) is 16.1. The molecule has 1 aliphatic heterocycles. The molecule has 1 unspecified atom stereocenters. The zero-order valence-corrected chi connectivity index (χ0v) is 12.4. The maximum atomic E-state index is 11.8. The Hall–Kier alpha value is -2.46. The number of carbonyl (C=O) groups is 1. The monoisotopic (exact) mass is 312 g/mol. The van der Waals surface area contributed by atoms with Crippen molar-refractivity contribution < 1.29 is 9.53 Å². The molecule has 2 aromatic rings. The van der Waals surface area contributed by atoms with Gasteiger partial charge in [0.1, 0.15) is 0 Å². The maximum absolute atomic E-state index is 11.8. The highest BCUT2D eigenvalue weighted by Gasteiger charge is 2.28. The highest BCUT2D eigenvalue weighted by Crippen LogP contribution is 2.15. The van der Waals surface area contributed by atoms with Gasteiger partial charge in [0.25, 0.3) is 0 Å². The van der Waals surface area contributed by atoms with Gasteiger partial charge in [0.15, 0.2) is 6.04 Å². The molecule has 5 heteroatoms. The Kier molecular flexibility index (Phi) is 4.30. The van der Waals surface area contributed by atoms with Crippen molar-refractivity contribution in [1.29, 1.82) is 0 Å². The number of rotatable bonds is 4. The van der Waals surface area contributed by atoms with Crippen molar-refractivity contribution in [2.75, 3.05) is 0 Å². The minimum absolute atomic E-state index is 0.304. The summed E-state index contributed by atoms with van der Waals surface area (Å²) in [4.78, 5) is 20.3. The third-order valence-electron chi connectivity index (χ3n) is 3.15. The van der Waals surface area contributed by atoms with Gasteiger partial charge in [-0.05, 0) is 29.8 Å². The van der Waals surface area contributed by atoms with Crippen LogP contribution in [0.4, 0.5) is 0 Å². The first-order valence-electron chi connectivity index (χ1n) is 6.82. The molecule has 110 valence electrons. The molecule has 3 rings (SSSR count). The van der Waals surface area contributed by atoms with Gasteiger partial charge in [-0.3, -0.25) is 4.99 Å². The number of hydrogen-bond acceptors (Lipinski definition) is 4. The fraction of sp³-hybridized carbons (Fsp3) is 0.118. The van der Waals surface area contributed by atoms with Gasteiger partial charge in [0.05, 0.1) is 6.54 Å². The lowest BCUT2D eigenvalue weighted by atomic mass is 10.2. The Morgan fingerprint density at radius 1 is 1.14 bits per heavy atom. The molecule has 1 heterocycles. The molecular weight excluding hydrogens is 300 g/mol. The molecule has 0 fully saturated rings. The van der Waals surface area contributed by atoms with Crippen LogP contribution in [0.15, 0.2) is 64.6 Å². The van der Waals surface area contributed by atoms with E-state index in [-0.39, 0.29) is 0 Å². The van der Waals surface area contributed by atoms with E-state index in [9.17, 15) is 4.79 Å². The van der Waals surface area contributed by atoms with Crippen molar-refractivity contribution in [2.45, 2.75) is 12.6 Å². The van der Waals surface area contributed by atoms with E-state index in [0.717, 1.165) is 11.1 Å². The number of benzene rings is 2. The van der Waals surface area contributed by atoms with Gasteiger partial charge in [0.2, 0.25) is 5.90 Å². The fourth-order valence-electron chi connectivity index (χ4n) is 2.02. The Morgan fingerprint density at radius 3 is 2.59 bits per heavy atom. The average Bonchev–Trinajstić information content (AvgIpc) is 2.90. The molecule has 2 aromatic carbocycles. The molecule has 0 bridgehead atoms. The molecule has 1 atom stereocenters. The third kappa shape index (κ3) is 3.40. The number of cyclic esters (lactones) is 1. The van der Waals surface area contributed by atoms with Crippen LogP contribution in [0.3, 0.4) is 0 Å². The molecule has 0 N–H and O–H groups in total. The van der Waals surface area contributed by atoms with Crippen molar-refractivity contribution in [1.82, 2.24) is 0 Å². The van der Waals surface area contributed by atoms with Crippen molar-refractivity contribution >= 4 is 29.7 Å². The first-order chi connectivity index (χ1) is 10.7. The van der Waals surface area contributed by atoms with Crippen LogP contribution in [0.1, 0.15) is 11.1 Å². The van der Waals surface area contributed by atoms with E-state index in [1.807, 2.05) is 30.3 Å². The summed E-state index contributed by atoms with van der Waals surface area (Å²) in [5, 5.41) is 0.620. The van der Waals surface area contributed by atoms with Gasteiger partial charge < -0.3 is 4.74 Å². The smallest absolute Gasteiger partial charge is 0.343 e. The zero-order chi connectivity index (χ0) is 15.4. The number of hydrogen-bond donors (Lipinski definition) is 0. The largest absolute Gasteiger partial charge is 0.405 e. The normalized spacial score (nSPS) is 17.6. The third-order valence-corrected chi connectivity index (χ3v) is 3.40. The number of aliphatic imine (C=N–C) groups is 2. The predicted molar refractivity (Wildman–Crippen MR) is 86.5 cm³/mol. The number of carbonyl (C=O) groups excluding carboxylic acids is 1. The van der Waals surface area contributed by atoms with E-state index in [0.29, 0.717) is 17.5 Å². The van der Waals surface area contributed by atoms with Gasteiger partial charge in [0, 0.05) is 16.8 Å². The lowest BCUT2D eigenvalue weighted by Gasteiger charge is -1.99. The van der Waals surface area contributed by atoms with Crippen LogP contribution in [0, 0.1) is 0 Å². The zero-order valence-electron chi connectivity index (χ0n) is 11.6. The molecular formula is C17H13ClN2O2. The standard InChI is InChI=1S/C17H13ClN2O2/c18-14-8-6-13(7-9-14)16-20-15(17(21)22-16)11-19-10-12-4-2-1-3-5-12/h1-9,11,15H,10H2. The molecule has 0 saturated heterocycles. The van der Waals surface area contributed by atoms with Crippen LogP contribution in [0.25, 0.3) is 0 Å². The molecule has 0 aliphatic carbocycles. The lowest BCUT2D eigenvalue weighted by molar-refractivity contribution is -0.133. The van der Waals surface area contributed by atoms with Crippen LogP contribution in [0.2, 0.25) is 5.02 Å². The highest BCUT2D eigenvalue weighted by atomic mass is 35.5. The van der Waals surface area contributed by atoms with Gasteiger partial charge in [-0.15, -0.1) is 0 Å². The number of ether oxygens (including phenoxy) is 1. The Labute approximate surface area is 133 Å². The molecule has 0 radical (unpaired) electrons. The maximum Gasteiger partial charge on any atom is 0.343 e. The summed E-state index contributed by atoms with van der Waals surface area (Å²) in [7, 11) is 0. The van der Waals surface area contributed by atoms with Crippen LogP contribution in [-0.2, 0) is 16.1 Å². The predicted octanol–water partition coefficient (Wildman–Crippen LogP) is 3.28. The van der Waals surface area contributed by atoms with Crippen molar-refractivity contribution in [3.63, 3.8) is 0 Å². The Balaban J connectivity index is 1.69. The average molecular weight is 313 g/mol. The van der Waals surface area contributed by atoms with Crippen LogP contribution in [0.5, 0.6) is 0 Å². The second-order valence-corrected chi connectivity index (χ2v) is 5.22. The Bertz CT molecular complexity index is 724. The molecule has 4 nitrogen and oxygen atoms in total. The number of esters is 1. The molecule has 0 spiro atoms. The second-order valence-electron chi connectivity index (χ2n) is 4.78. The van der Waals surface area contributed by atoms with E-state index < -0.39 is 12.0 Å². The van der Waals surface area contributed by atoms with Crippen LogP contribution < -0.4 is 0 Å². The summed E-state index contributed by atoms with van der Waals surface area (Å²) in [6.45, 7) is 0.510. The minimum Gasteiger partial charge on any atom is -0.405 e. The van der Waals surface area contributed by atoms with Crippen molar-refractivity contribution in [3.05, 3.63) is 70.7 Å².